The predicted octanol–water partition coefficient (Wildman–Crippen LogP) is 3.49. The fourth-order valence-corrected chi connectivity index (χ4v) is 2.90. The molecule has 1 aromatic heterocycles. The summed E-state index contributed by atoms with van der Waals surface area (Å²) in [7, 11) is 0. The summed E-state index contributed by atoms with van der Waals surface area (Å²) < 4.78 is 6.20. The first-order valence-corrected chi connectivity index (χ1v) is 8.04. The number of rotatable bonds is 6. The minimum Gasteiger partial charge on any atom is -0.493 e. The summed E-state index contributed by atoms with van der Waals surface area (Å²) in [5.74, 6) is 0.322. The molecule has 8 heteroatoms. The summed E-state index contributed by atoms with van der Waals surface area (Å²) in [4.78, 5) is 15.6. The highest BCUT2D eigenvalue weighted by molar-refractivity contribution is 9.10. The summed E-state index contributed by atoms with van der Waals surface area (Å²) in [5.41, 5.74) is 0.743. The van der Waals surface area contributed by atoms with Gasteiger partial charge in [-0.2, -0.15) is 0 Å². The molecular formula is C14H14BrN3O3S. The number of carbonyl (C=O) groups is 1. The van der Waals surface area contributed by atoms with E-state index in [4.69, 9.17) is 4.74 Å². The van der Waals surface area contributed by atoms with Crippen LogP contribution in [0.2, 0.25) is 0 Å². The van der Waals surface area contributed by atoms with Crippen LogP contribution in [-0.4, -0.2) is 32.9 Å². The maximum absolute atomic E-state index is 11.4. The number of halogens is 1. The molecule has 1 heterocycles. The Balaban J connectivity index is 2.26. The second-order valence-corrected chi connectivity index (χ2v) is 6.11. The number of nitrogens with one attached hydrogen (secondary N) is 1. The standard InChI is InChI=1S/C14H14BrN3O3S/c1-3-21-11-5-4-9(6-10(11)15)7-12(13(19)20)22-14-16-8(2)17-18-14/h4-7H,3H2,1-2H3,(H,19,20)(H,16,17,18)/b12-7-. The van der Waals surface area contributed by atoms with Gasteiger partial charge in [0, 0.05) is 0 Å². The third-order valence-electron chi connectivity index (χ3n) is 2.54. The first kappa shape index (κ1) is 16.6. The maximum atomic E-state index is 11.4. The number of benzene rings is 1. The number of carboxylic acid groups (broad SMARTS) is 1. The molecule has 0 aliphatic heterocycles. The molecular weight excluding hydrogens is 370 g/mol. The second-order valence-electron chi connectivity index (χ2n) is 4.24. The second kappa shape index (κ2) is 7.46. The number of thioether (sulfide) groups is 1. The summed E-state index contributed by atoms with van der Waals surface area (Å²) in [5, 5.41) is 16.3. The highest BCUT2D eigenvalue weighted by atomic mass is 79.9. The van der Waals surface area contributed by atoms with Crippen LogP contribution < -0.4 is 4.74 Å². The van der Waals surface area contributed by atoms with E-state index in [0.717, 1.165) is 21.8 Å². The Bertz CT molecular complexity index is 715. The number of H-pyrrole nitrogens is 1. The lowest BCUT2D eigenvalue weighted by Gasteiger charge is -2.06. The Labute approximate surface area is 140 Å². The van der Waals surface area contributed by atoms with Crippen LogP contribution in [-0.2, 0) is 4.79 Å². The molecule has 2 N–H and O–H groups in total. The summed E-state index contributed by atoms with van der Waals surface area (Å²) in [6, 6.07) is 5.39. The van der Waals surface area contributed by atoms with Crippen molar-refractivity contribution in [2.45, 2.75) is 19.0 Å². The number of aryl methyl sites for hydroxylation is 1. The molecule has 1 aromatic carbocycles. The van der Waals surface area contributed by atoms with Gasteiger partial charge in [0.15, 0.2) is 0 Å². The van der Waals surface area contributed by atoms with Crippen LogP contribution in [0.4, 0.5) is 0 Å². The van der Waals surface area contributed by atoms with Crippen molar-refractivity contribution in [3.05, 3.63) is 39.0 Å². The van der Waals surface area contributed by atoms with Crippen LogP contribution in [0.15, 0.2) is 32.7 Å². The molecule has 0 atom stereocenters. The number of hydrogen-bond acceptors (Lipinski definition) is 5. The predicted molar refractivity (Wildman–Crippen MR) is 87.9 cm³/mol. The summed E-state index contributed by atoms with van der Waals surface area (Å²) in [6.45, 7) is 4.22. The molecule has 0 aliphatic carbocycles. The number of aliphatic carboxylic acids is 1. The fourth-order valence-electron chi connectivity index (χ4n) is 1.63. The molecule has 0 fully saturated rings. The monoisotopic (exact) mass is 383 g/mol. The van der Waals surface area contributed by atoms with Crippen molar-refractivity contribution in [3.63, 3.8) is 0 Å². The molecule has 6 nitrogen and oxygen atoms in total. The van der Waals surface area contributed by atoms with Gasteiger partial charge < -0.3 is 9.84 Å². The molecule has 2 aromatic rings. The Kier molecular flexibility index (Phi) is 5.62. The minimum absolute atomic E-state index is 0.134. The highest BCUT2D eigenvalue weighted by Gasteiger charge is 2.13. The normalized spacial score (nSPS) is 11.5. The third-order valence-corrected chi connectivity index (χ3v) is 4.04. The van der Waals surface area contributed by atoms with Crippen molar-refractivity contribution in [3.8, 4) is 5.75 Å². The van der Waals surface area contributed by atoms with E-state index in [1.54, 1.807) is 31.2 Å². The van der Waals surface area contributed by atoms with Gasteiger partial charge in [0.25, 0.3) is 0 Å². The molecule has 2 rings (SSSR count). The largest absolute Gasteiger partial charge is 0.493 e. The maximum Gasteiger partial charge on any atom is 0.342 e. The van der Waals surface area contributed by atoms with Crippen molar-refractivity contribution >= 4 is 39.7 Å². The quantitative estimate of drug-likeness (QED) is 0.586. The average molecular weight is 384 g/mol. The number of hydrogen-bond donors (Lipinski definition) is 2. The van der Waals surface area contributed by atoms with Gasteiger partial charge >= 0.3 is 5.97 Å². The van der Waals surface area contributed by atoms with E-state index in [2.05, 4.69) is 31.1 Å². The fraction of sp³-hybridized carbons (Fsp3) is 0.214. The number of ether oxygens (including phenoxy) is 1. The third kappa shape index (κ3) is 4.35. The number of aromatic nitrogens is 3. The Morgan fingerprint density at radius 3 is 2.86 bits per heavy atom. The van der Waals surface area contributed by atoms with Gasteiger partial charge in [0.05, 0.1) is 11.1 Å². The van der Waals surface area contributed by atoms with Gasteiger partial charge in [0.2, 0.25) is 5.16 Å². The molecule has 0 saturated heterocycles. The van der Waals surface area contributed by atoms with Crippen LogP contribution in [0, 0.1) is 6.92 Å². The van der Waals surface area contributed by atoms with E-state index < -0.39 is 5.97 Å². The minimum atomic E-state index is -1.03. The topological polar surface area (TPSA) is 88.1 Å². The zero-order valence-corrected chi connectivity index (χ0v) is 14.4. The van der Waals surface area contributed by atoms with Crippen molar-refractivity contribution in [1.82, 2.24) is 15.2 Å². The van der Waals surface area contributed by atoms with Gasteiger partial charge in [-0.25, -0.2) is 9.78 Å². The van der Waals surface area contributed by atoms with Crippen LogP contribution in [0.3, 0.4) is 0 Å². The van der Waals surface area contributed by atoms with Crippen LogP contribution >= 0.6 is 27.7 Å². The van der Waals surface area contributed by atoms with Crippen LogP contribution in [0.5, 0.6) is 5.75 Å². The SMILES string of the molecule is CCOc1ccc(/C=C(\Sc2n[nH]c(C)n2)C(=O)O)cc1Br. The lowest BCUT2D eigenvalue weighted by atomic mass is 10.2. The molecule has 22 heavy (non-hydrogen) atoms. The van der Waals surface area contributed by atoms with Gasteiger partial charge in [-0.15, -0.1) is 5.10 Å². The van der Waals surface area contributed by atoms with E-state index in [9.17, 15) is 9.90 Å². The molecule has 0 radical (unpaired) electrons. The summed E-state index contributed by atoms with van der Waals surface area (Å²) >= 11 is 4.40. The van der Waals surface area contributed by atoms with E-state index in [1.807, 2.05) is 6.92 Å². The van der Waals surface area contributed by atoms with Crippen molar-refractivity contribution in [1.29, 1.82) is 0 Å². The van der Waals surface area contributed by atoms with E-state index in [0.29, 0.717) is 23.3 Å². The molecule has 0 spiro atoms. The zero-order chi connectivity index (χ0) is 16.1. The molecule has 0 bridgehead atoms. The van der Waals surface area contributed by atoms with Crippen molar-refractivity contribution < 1.29 is 14.6 Å². The van der Waals surface area contributed by atoms with Gasteiger partial charge in [-0.1, -0.05) is 6.07 Å². The van der Waals surface area contributed by atoms with E-state index in [-0.39, 0.29) is 4.91 Å². The number of carboxylic acids is 1. The molecule has 0 aliphatic rings. The van der Waals surface area contributed by atoms with Crippen molar-refractivity contribution in [2.75, 3.05) is 6.61 Å². The Morgan fingerprint density at radius 2 is 2.32 bits per heavy atom. The Morgan fingerprint density at radius 1 is 1.55 bits per heavy atom. The van der Waals surface area contributed by atoms with Gasteiger partial charge in [-0.05, 0) is 65.3 Å². The van der Waals surface area contributed by atoms with E-state index in [1.165, 1.54) is 0 Å². The molecule has 0 saturated carbocycles. The lowest BCUT2D eigenvalue weighted by molar-refractivity contribution is -0.131. The molecule has 0 unspecified atom stereocenters. The summed E-state index contributed by atoms with van der Waals surface area (Å²) in [6.07, 6.45) is 1.57. The highest BCUT2D eigenvalue weighted by Crippen LogP contribution is 2.30. The first-order valence-electron chi connectivity index (χ1n) is 6.43. The average Bonchev–Trinajstić information content (AvgIpc) is 2.86. The lowest BCUT2D eigenvalue weighted by Crippen LogP contribution is -1.97. The zero-order valence-electron chi connectivity index (χ0n) is 12.0. The first-order chi connectivity index (χ1) is 10.5. The smallest absolute Gasteiger partial charge is 0.342 e. The Hall–Kier alpha value is -1.80. The molecule has 0 amide bonds. The van der Waals surface area contributed by atoms with E-state index >= 15 is 0 Å². The number of aromatic amines is 1. The number of nitrogens with zero attached hydrogens (tertiary/aromatic N) is 2. The molecule has 116 valence electrons. The van der Waals surface area contributed by atoms with Gasteiger partial charge in [0.1, 0.15) is 16.5 Å². The van der Waals surface area contributed by atoms with Crippen molar-refractivity contribution in [2.24, 2.45) is 0 Å². The van der Waals surface area contributed by atoms with Gasteiger partial charge in [-0.3, -0.25) is 5.10 Å². The van der Waals surface area contributed by atoms with Crippen LogP contribution in [0.1, 0.15) is 18.3 Å². The van der Waals surface area contributed by atoms with Crippen LogP contribution in [0.25, 0.3) is 6.08 Å².